The van der Waals surface area contributed by atoms with E-state index in [4.69, 9.17) is 4.42 Å². The van der Waals surface area contributed by atoms with Crippen LogP contribution in [0.2, 0.25) is 0 Å². The average molecular weight is 318 g/mol. The van der Waals surface area contributed by atoms with Crippen LogP contribution < -0.4 is 5.32 Å². The van der Waals surface area contributed by atoms with E-state index < -0.39 is 0 Å². The largest absolute Gasteiger partial charge is 0.459 e. The highest BCUT2D eigenvalue weighted by Crippen LogP contribution is 2.21. The quantitative estimate of drug-likeness (QED) is 0.627. The smallest absolute Gasteiger partial charge is 0.291 e. The molecule has 0 bridgehead atoms. The fraction of sp³-hybridized carbons (Fsp3) is 0.0556. The first-order chi connectivity index (χ1) is 11.7. The standard InChI is InChI=1S/C18H14N4O2/c1-12-7-10-24-16(12)17(23)20-14-5-3-13(4-6-14)15-11-22-9-2-8-19-18(22)21-15/h2-11H,1H3,(H,20,23). The Morgan fingerprint density at radius 2 is 2.04 bits per heavy atom. The summed E-state index contributed by atoms with van der Waals surface area (Å²) in [5.41, 5.74) is 3.28. The number of anilines is 1. The predicted octanol–water partition coefficient (Wildman–Crippen LogP) is 3.55. The molecule has 118 valence electrons. The molecule has 4 aromatic rings. The van der Waals surface area contributed by atoms with Crippen LogP contribution in [0.25, 0.3) is 17.0 Å². The third kappa shape index (κ3) is 2.54. The molecule has 3 heterocycles. The average Bonchev–Trinajstić information content (AvgIpc) is 3.21. The Morgan fingerprint density at radius 3 is 2.75 bits per heavy atom. The summed E-state index contributed by atoms with van der Waals surface area (Å²) >= 11 is 0. The van der Waals surface area contributed by atoms with Crippen LogP contribution in [0, 0.1) is 6.92 Å². The minimum absolute atomic E-state index is 0.262. The zero-order chi connectivity index (χ0) is 16.5. The van der Waals surface area contributed by atoms with Crippen molar-refractivity contribution in [2.45, 2.75) is 6.92 Å². The maximum absolute atomic E-state index is 12.1. The molecule has 0 saturated carbocycles. The lowest BCUT2D eigenvalue weighted by Crippen LogP contribution is -2.11. The van der Waals surface area contributed by atoms with Crippen molar-refractivity contribution in [3.63, 3.8) is 0 Å². The van der Waals surface area contributed by atoms with Crippen LogP contribution in [-0.4, -0.2) is 20.3 Å². The molecule has 0 aliphatic carbocycles. The summed E-state index contributed by atoms with van der Waals surface area (Å²) in [5.74, 6) is 0.714. The normalized spacial score (nSPS) is 10.9. The summed E-state index contributed by atoms with van der Waals surface area (Å²) < 4.78 is 7.06. The Kier molecular flexibility index (Phi) is 3.35. The van der Waals surface area contributed by atoms with Crippen molar-refractivity contribution in [3.8, 4) is 11.3 Å². The molecule has 6 heteroatoms. The number of carbonyl (C=O) groups is 1. The van der Waals surface area contributed by atoms with Gasteiger partial charge in [0.2, 0.25) is 5.78 Å². The van der Waals surface area contributed by atoms with Gasteiger partial charge < -0.3 is 9.73 Å². The van der Waals surface area contributed by atoms with Crippen LogP contribution in [0.1, 0.15) is 16.1 Å². The second kappa shape index (κ2) is 5.66. The Hall–Kier alpha value is -3.41. The highest BCUT2D eigenvalue weighted by atomic mass is 16.3. The number of furan rings is 1. The molecule has 6 nitrogen and oxygen atoms in total. The Labute approximate surface area is 137 Å². The summed E-state index contributed by atoms with van der Waals surface area (Å²) in [5, 5.41) is 2.82. The van der Waals surface area contributed by atoms with E-state index in [1.807, 2.05) is 54.0 Å². The molecule has 0 atom stereocenters. The van der Waals surface area contributed by atoms with Crippen molar-refractivity contribution in [3.05, 3.63) is 72.6 Å². The van der Waals surface area contributed by atoms with Gasteiger partial charge in [0, 0.05) is 35.4 Å². The number of rotatable bonds is 3. The number of fused-ring (bicyclic) bond motifs is 1. The first kappa shape index (κ1) is 14.2. The summed E-state index contributed by atoms with van der Waals surface area (Å²) in [6, 6.07) is 11.1. The third-order valence-electron chi connectivity index (χ3n) is 3.74. The maximum atomic E-state index is 12.1. The number of carbonyl (C=O) groups excluding carboxylic acids is 1. The number of imidazole rings is 1. The molecular weight excluding hydrogens is 304 g/mol. The van der Waals surface area contributed by atoms with Gasteiger partial charge >= 0.3 is 0 Å². The molecule has 0 fully saturated rings. The van der Waals surface area contributed by atoms with E-state index in [1.54, 1.807) is 12.3 Å². The molecular formula is C18H14N4O2. The van der Waals surface area contributed by atoms with Crippen LogP contribution in [0.15, 0.2) is 65.7 Å². The molecule has 0 aliphatic heterocycles. The minimum Gasteiger partial charge on any atom is -0.459 e. The van der Waals surface area contributed by atoms with Gasteiger partial charge in [-0.15, -0.1) is 0 Å². The van der Waals surface area contributed by atoms with Gasteiger partial charge in [0.25, 0.3) is 5.91 Å². The number of benzene rings is 1. The number of aryl methyl sites for hydroxylation is 1. The van der Waals surface area contributed by atoms with Crippen LogP contribution in [0.4, 0.5) is 5.69 Å². The highest BCUT2D eigenvalue weighted by Gasteiger charge is 2.13. The number of amides is 1. The molecule has 1 N–H and O–H groups in total. The van der Waals surface area contributed by atoms with Crippen LogP contribution in [0.3, 0.4) is 0 Å². The van der Waals surface area contributed by atoms with Gasteiger partial charge in [-0.25, -0.2) is 9.97 Å². The molecule has 0 unspecified atom stereocenters. The monoisotopic (exact) mass is 318 g/mol. The fourth-order valence-electron chi connectivity index (χ4n) is 2.49. The molecule has 1 amide bonds. The fourth-order valence-corrected chi connectivity index (χ4v) is 2.49. The lowest BCUT2D eigenvalue weighted by molar-refractivity contribution is 0.0996. The van der Waals surface area contributed by atoms with Crippen molar-refractivity contribution in [2.24, 2.45) is 0 Å². The van der Waals surface area contributed by atoms with E-state index in [2.05, 4.69) is 15.3 Å². The van der Waals surface area contributed by atoms with Crippen LogP contribution >= 0.6 is 0 Å². The van der Waals surface area contributed by atoms with Crippen molar-refractivity contribution >= 4 is 17.4 Å². The van der Waals surface area contributed by atoms with E-state index >= 15 is 0 Å². The summed E-state index contributed by atoms with van der Waals surface area (Å²) in [6.45, 7) is 1.83. The molecule has 0 aliphatic rings. The zero-order valence-electron chi connectivity index (χ0n) is 12.9. The molecule has 1 aromatic carbocycles. The second-order valence-corrected chi connectivity index (χ2v) is 5.42. The van der Waals surface area contributed by atoms with Crippen molar-refractivity contribution in [1.29, 1.82) is 0 Å². The summed E-state index contributed by atoms with van der Waals surface area (Å²) in [6.07, 6.45) is 7.04. The van der Waals surface area contributed by atoms with Crippen LogP contribution in [-0.2, 0) is 0 Å². The number of hydrogen-bond donors (Lipinski definition) is 1. The number of nitrogens with one attached hydrogen (secondary N) is 1. The molecule has 24 heavy (non-hydrogen) atoms. The van der Waals surface area contributed by atoms with Gasteiger partial charge in [-0.3, -0.25) is 9.20 Å². The first-order valence-electron chi connectivity index (χ1n) is 7.46. The summed E-state index contributed by atoms with van der Waals surface area (Å²) in [4.78, 5) is 20.8. The van der Waals surface area contributed by atoms with Gasteiger partial charge in [-0.2, -0.15) is 0 Å². The van der Waals surface area contributed by atoms with E-state index in [0.29, 0.717) is 17.2 Å². The van der Waals surface area contributed by atoms with Gasteiger partial charge in [-0.05, 0) is 31.2 Å². The highest BCUT2D eigenvalue weighted by molar-refractivity contribution is 6.03. The number of nitrogens with zero attached hydrogens (tertiary/aromatic N) is 3. The summed E-state index contributed by atoms with van der Waals surface area (Å²) in [7, 11) is 0. The van der Waals surface area contributed by atoms with Crippen molar-refractivity contribution in [1.82, 2.24) is 14.4 Å². The molecule has 4 rings (SSSR count). The van der Waals surface area contributed by atoms with Gasteiger partial charge in [0.05, 0.1) is 12.0 Å². The second-order valence-electron chi connectivity index (χ2n) is 5.42. The van der Waals surface area contributed by atoms with E-state index in [0.717, 1.165) is 16.8 Å². The van der Waals surface area contributed by atoms with Crippen molar-refractivity contribution in [2.75, 3.05) is 5.32 Å². The minimum atomic E-state index is -0.262. The van der Waals surface area contributed by atoms with Gasteiger partial charge in [0.15, 0.2) is 5.76 Å². The molecule has 3 aromatic heterocycles. The first-order valence-corrected chi connectivity index (χ1v) is 7.46. The van der Waals surface area contributed by atoms with E-state index in [9.17, 15) is 4.79 Å². The van der Waals surface area contributed by atoms with E-state index in [-0.39, 0.29) is 5.91 Å². The zero-order valence-corrected chi connectivity index (χ0v) is 12.9. The van der Waals surface area contributed by atoms with Crippen LogP contribution in [0.5, 0.6) is 0 Å². The topological polar surface area (TPSA) is 72.4 Å². The molecule has 0 spiro atoms. The Balaban J connectivity index is 1.56. The Bertz CT molecular complexity index is 982. The lowest BCUT2D eigenvalue weighted by Gasteiger charge is -2.04. The number of aromatic nitrogens is 3. The number of hydrogen-bond acceptors (Lipinski definition) is 4. The predicted molar refractivity (Wildman–Crippen MR) is 89.8 cm³/mol. The third-order valence-corrected chi connectivity index (χ3v) is 3.74. The molecule has 0 saturated heterocycles. The lowest BCUT2D eigenvalue weighted by atomic mass is 10.1. The van der Waals surface area contributed by atoms with Crippen molar-refractivity contribution < 1.29 is 9.21 Å². The Morgan fingerprint density at radius 1 is 1.21 bits per heavy atom. The maximum Gasteiger partial charge on any atom is 0.291 e. The molecule has 0 radical (unpaired) electrons. The van der Waals surface area contributed by atoms with Gasteiger partial charge in [-0.1, -0.05) is 12.1 Å². The van der Waals surface area contributed by atoms with E-state index in [1.165, 1.54) is 6.26 Å². The van der Waals surface area contributed by atoms with Gasteiger partial charge in [0.1, 0.15) is 0 Å². The SMILES string of the molecule is Cc1ccoc1C(=O)Nc1ccc(-c2cn3cccnc3n2)cc1.